The molecule has 1 aromatic carbocycles. The number of para-hydroxylation sites is 1. The zero-order chi connectivity index (χ0) is 13.5. The number of nitrogens with one attached hydrogen (secondary N) is 1. The van der Waals surface area contributed by atoms with E-state index in [1.54, 1.807) is 12.0 Å². The summed E-state index contributed by atoms with van der Waals surface area (Å²) < 4.78 is 10.5. The lowest BCUT2D eigenvalue weighted by Gasteiger charge is -2.26. The molecular weight excluding hydrogens is 244 g/mol. The quantitative estimate of drug-likeness (QED) is 0.891. The van der Waals surface area contributed by atoms with Crippen LogP contribution in [0.5, 0.6) is 5.75 Å². The van der Waals surface area contributed by atoms with Crippen LogP contribution in [0.15, 0.2) is 24.3 Å². The van der Waals surface area contributed by atoms with E-state index >= 15 is 0 Å². The maximum Gasteiger partial charge on any atom is 0.317 e. The molecule has 2 rings (SSSR count). The second-order valence-electron chi connectivity index (χ2n) is 4.39. The van der Waals surface area contributed by atoms with Gasteiger partial charge >= 0.3 is 6.03 Å². The largest absolute Gasteiger partial charge is 0.496 e. The molecule has 5 heteroatoms. The normalized spacial score (nSPS) is 15.1. The third-order valence-electron chi connectivity index (χ3n) is 3.16. The molecule has 1 aromatic rings. The molecule has 104 valence electrons. The molecule has 1 saturated heterocycles. The van der Waals surface area contributed by atoms with E-state index < -0.39 is 0 Å². The Morgan fingerprint density at radius 3 is 2.84 bits per heavy atom. The fourth-order valence-corrected chi connectivity index (χ4v) is 2.09. The Morgan fingerprint density at radius 2 is 2.11 bits per heavy atom. The van der Waals surface area contributed by atoms with Crippen molar-refractivity contribution < 1.29 is 14.3 Å². The van der Waals surface area contributed by atoms with E-state index in [4.69, 9.17) is 9.47 Å². The fraction of sp³-hybridized carbons (Fsp3) is 0.500. The number of amides is 2. The number of carbonyl (C=O) groups is 1. The van der Waals surface area contributed by atoms with E-state index in [1.165, 1.54) is 0 Å². The molecular formula is C14H20N2O3. The number of methoxy groups -OCH3 is 1. The Labute approximate surface area is 113 Å². The molecule has 0 aromatic heterocycles. The van der Waals surface area contributed by atoms with Crippen molar-refractivity contribution >= 4 is 6.03 Å². The maximum atomic E-state index is 11.9. The van der Waals surface area contributed by atoms with Crippen LogP contribution in [0.3, 0.4) is 0 Å². The van der Waals surface area contributed by atoms with Gasteiger partial charge in [0.05, 0.1) is 20.3 Å². The van der Waals surface area contributed by atoms with E-state index in [0.717, 1.165) is 17.7 Å². The standard InChI is InChI=1S/C14H20N2O3/c1-18-13-5-3-2-4-12(13)6-7-15-14(17)16-8-10-19-11-9-16/h2-5H,6-11H2,1H3,(H,15,17). The number of urea groups is 1. The van der Waals surface area contributed by atoms with Gasteiger partial charge in [-0.15, -0.1) is 0 Å². The lowest BCUT2D eigenvalue weighted by molar-refractivity contribution is 0.0533. The molecule has 1 aliphatic rings. The Balaban J connectivity index is 1.78. The number of nitrogens with zero attached hydrogens (tertiary/aromatic N) is 1. The summed E-state index contributed by atoms with van der Waals surface area (Å²) in [5, 5.41) is 2.93. The minimum atomic E-state index is -0.0156. The van der Waals surface area contributed by atoms with Gasteiger partial charge < -0.3 is 19.7 Å². The molecule has 2 amide bonds. The fourth-order valence-electron chi connectivity index (χ4n) is 2.09. The third kappa shape index (κ3) is 3.86. The summed E-state index contributed by atoms with van der Waals surface area (Å²) in [4.78, 5) is 13.7. The molecule has 0 atom stereocenters. The summed E-state index contributed by atoms with van der Waals surface area (Å²) in [6, 6.07) is 7.84. The number of rotatable bonds is 4. The lowest BCUT2D eigenvalue weighted by Crippen LogP contribution is -2.46. The predicted octanol–water partition coefficient (Wildman–Crippen LogP) is 1.28. The van der Waals surface area contributed by atoms with Gasteiger partial charge in [-0.1, -0.05) is 18.2 Å². The molecule has 0 saturated carbocycles. The number of hydrogen-bond acceptors (Lipinski definition) is 3. The summed E-state index contributed by atoms with van der Waals surface area (Å²) in [6.07, 6.45) is 0.764. The first kappa shape index (κ1) is 13.7. The average molecular weight is 264 g/mol. The first-order valence-electron chi connectivity index (χ1n) is 6.53. The minimum absolute atomic E-state index is 0.0156. The van der Waals surface area contributed by atoms with Crippen LogP contribution in [0.1, 0.15) is 5.56 Å². The van der Waals surface area contributed by atoms with Crippen LogP contribution in [-0.2, 0) is 11.2 Å². The Bertz CT molecular complexity index is 417. The molecule has 0 spiro atoms. The molecule has 5 nitrogen and oxygen atoms in total. The Morgan fingerprint density at radius 1 is 1.37 bits per heavy atom. The van der Waals surface area contributed by atoms with Gasteiger partial charge in [0.1, 0.15) is 5.75 Å². The van der Waals surface area contributed by atoms with E-state index in [1.807, 2.05) is 24.3 Å². The topological polar surface area (TPSA) is 50.8 Å². The van der Waals surface area contributed by atoms with Gasteiger partial charge in [-0.2, -0.15) is 0 Å². The first-order valence-corrected chi connectivity index (χ1v) is 6.53. The van der Waals surface area contributed by atoms with Crippen molar-refractivity contribution in [1.29, 1.82) is 0 Å². The number of ether oxygens (including phenoxy) is 2. The van der Waals surface area contributed by atoms with Crippen molar-refractivity contribution in [3.8, 4) is 5.75 Å². The SMILES string of the molecule is COc1ccccc1CCNC(=O)N1CCOCC1. The van der Waals surface area contributed by atoms with Gasteiger partial charge in [-0.3, -0.25) is 0 Å². The van der Waals surface area contributed by atoms with Crippen LogP contribution in [-0.4, -0.2) is 50.9 Å². The molecule has 19 heavy (non-hydrogen) atoms. The zero-order valence-electron chi connectivity index (χ0n) is 11.2. The van der Waals surface area contributed by atoms with E-state index in [-0.39, 0.29) is 6.03 Å². The van der Waals surface area contributed by atoms with Crippen LogP contribution < -0.4 is 10.1 Å². The maximum absolute atomic E-state index is 11.9. The third-order valence-corrected chi connectivity index (χ3v) is 3.16. The van der Waals surface area contributed by atoms with E-state index in [9.17, 15) is 4.79 Å². The lowest BCUT2D eigenvalue weighted by atomic mass is 10.1. The van der Waals surface area contributed by atoms with Crippen LogP contribution >= 0.6 is 0 Å². The molecule has 1 N–H and O–H groups in total. The first-order chi connectivity index (χ1) is 9.31. The molecule has 0 aliphatic carbocycles. The highest BCUT2D eigenvalue weighted by molar-refractivity contribution is 5.74. The van der Waals surface area contributed by atoms with Gasteiger partial charge in [-0.05, 0) is 18.1 Å². The van der Waals surface area contributed by atoms with E-state index in [2.05, 4.69) is 5.32 Å². The monoisotopic (exact) mass is 264 g/mol. The van der Waals surface area contributed by atoms with Gasteiger partial charge in [0.15, 0.2) is 0 Å². The van der Waals surface area contributed by atoms with Crippen molar-refractivity contribution in [2.75, 3.05) is 40.0 Å². The molecule has 1 fully saturated rings. The van der Waals surface area contributed by atoms with Crippen LogP contribution in [0.2, 0.25) is 0 Å². The highest BCUT2D eigenvalue weighted by Crippen LogP contribution is 2.17. The smallest absolute Gasteiger partial charge is 0.317 e. The summed E-state index contributed by atoms with van der Waals surface area (Å²) in [7, 11) is 1.66. The molecule has 0 bridgehead atoms. The molecule has 1 aliphatic heterocycles. The van der Waals surface area contributed by atoms with Gasteiger partial charge in [0, 0.05) is 19.6 Å². The van der Waals surface area contributed by atoms with Crippen molar-refractivity contribution in [2.45, 2.75) is 6.42 Å². The van der Waals surface area contributed by atoms with Crippen molar-refractivity contribution in [2.24, 2.45) is 0 Å². The minimum Gasteiger partial charge on any atom is -0.496 e. The molecule has 0 unspecified atom stereocenters. The van der Waals surface area contributed by atoms with Gasteiger partial charge in [0.2, 0.25) is 0 Å². The number of benzene rings is 1. The molecule has 0 radical (unpaired) electrons. The van der Waals surface area contributed by atoms with Gasteiger partial charge in [0.25, 0.3) is 0 Å². The van der Waals surface area contributed by atoms with E-state index in [0.29, 0.717) is 32.8 Å². The Hall–Kier alpha value is -1.75. The Kier molecular flexibility index (Phi) is 5.03. The van der Waals surface area contributed by atoms with Crippen LogP contribution in [0.4, 0.5) is 4.79 Å². The molecule has 1 heterocycles. The average Bonchev–Trinajstić information content (AvgIpc) is 2.48. The number of hydrogen-bond donors (Lipinski definition) is 1. The highest BCUT2D eigenvalue weighted by atomic mass is 16.5. The summed E-state index contributed by atoms with van der Waals surface area (Å²) in [5.41, 5.74) is 1.10. The zero-order valence-corrected chi connectivity index (χ0v) is 11.2. The van der Waals surface area contributed by atoms with Crippen LogP contribution in [0, 0.1) is 0 Å². The van der Waals surface area contributed by atoms with Crippen molar-refractivity contribution in [1.82, 2.24) is 10.2 Å². The second-order valence-corrected chi connectivity index (χ2v) is 4.39. The van der Waals surface area contributed by atoms with Crippen LogP contribution in [0.25, 0.3) is 0 Å². The number of morpholine rings is 1. The number of carbonyl (C=O) groups excluding carboxylic acids is 1. The summed E-state index contributed by atoms with van der Waals surface area (Å²) in [5.74, 6) is 0.864. The van der Waals surface area contributed by atoms with Gasteiger partial charge in [-0.25, -0.2) is 4.79 Å². The van der Waals surface area contributed by atoms with Crippen molar-refractivity contribution in [3.05, 3.63) is 29.8 Å². The highest BCUT2D eigenvalue weighted by Gasteiger charge is 2.15. The summed E-state index contributed by atoms with van der Waals surface area (Å²) >= 11 is 0. The second kappa shape index (κ2) is 6.99. The predicted molar refractivity (Wildman–Crippen MR) is 72.5 cm³/mol. The van der Waals surface area contributed by atoms with Crippen molar-refractivity contribution in [3.63, 3.8) is 0 Å². The summed E-state index contributed by atoms with van der Waals surface area (Å²) in [6.45, 7) is 3.19.